The first-order chi connectivity index (χ1) is 18.7. The number of hydrogen-bond acceptors (Lipinski definition) is 6. The fourth-order valence-corrected chi connectivity index (χ4v) is 4.53. The van der Waals surface area contributed by atoms with Crippen molar-refractivity contribution in [3.8, 4) is 0 Å². The van der Waals surface area contributed by atoms with Crippen LogP contribution in [-0.2, 0) is 4.74 Å². The van der Waals surface area contributed by atoms with Crippen LogP contribution < -0.4 is 5.32 Å². The molecule has 0 aliphatic heterocycles. The number of rotatable bonds is 9. The monoisotopic (exact) mass is 586 g/mol. The lowest BCUT2D eigenvalue weighted by Crippen LogP contribution is -2.31. The van der Waals surface area contributed by atoms with Crippen molar-refractivity contribution in [1.82, 2.24) is 0 Å². The standard InChI is InChI=1S/C30H23BrN2O6/c1-19-8-5-12-22(16-19)29(35)32-24-14-6-13-23(17-24)30(36)39-28(27(34)20-9-3-2-4-10-20)26(31)21-11-7-15-25(18-21)33(37)38/h2-18,26,28H,1H3,(H,32,35)/t26-,28+/m1/s1. The summed E-state index contributed by atoms with van der Waals surface area (Å²) in [6, 6.07) is 27.3. The Bertz CT molecular complexity index is 1540. The van der Waals surface area contributed by atoms with Gasteiger partial charge in [-0.25, -0.2) is 4.79 Å². The molecule has 1 amide bonds. The van der Waals surface area contributed by atoms with Gasteiger partial charge in [0.15, 0.2) is 6.10 Å². The lowest BCUT2D eigenvalue weighted by molar-refractivity contribution is -0.384. The van der Waals surface area contributed by atoms with Crippen LogP contribution in [0.25, 0.3) is 0 Å². The third-order valence-corrected chi connectivity index (χ3v) is 6.86. The predicted octanol–water partition coefficient (Wildman–Crippen LogP) is 6.70. The minimum atomic E-state index is -1.34. The van der Waals surface area contributed by atoms with Gasteiger partial charge in [0.25, 0.3) is 11.6 Å². The average Bonchev–Trinajstić information content (AvgIpc) is 2.95. The molecule has 0 unspecified atom stereocenters. The molecule has 9 heteroatoms. The number of carbonyl (C=O) groups excluding carboxylic acids is 3. The number of ketones is 1. The maximum atomic E-state index is 13.4. The number of hydrogen-bond donors (Lipinski definition) is 1. The first-order valence-corrected chi connectivity index (χ1v) is 12.8. The highest BCUT2D eigenvalue weighted by Crippen LogP contribution is 2.33. The second-order valence-corrected chi connectivity index (χ2v) is 9.70. The Morgan fingerprint density at radius 3 is 2.21 bits per heavy atom. The molecule has 0 aliphatic rings. The lowest BCUT2D eigenvalue weighted by atomic mass is 9.99. The summed E-state index contributed by atoms with van der Waals surface area (Å²) in [5.41, 5.74) is 2.43. The fraction of sp³-hybridized carbons (Fsp3) is 0.100. The van der Waals surface area contributed by atoms with E-state index in [1.165, 1.54) is 30.3 Å². The molecular weight excluding hydrogens is 564 g/mol. The van der Waals surface area contributed by atoms with Crippen LogP contribution >= 0.6 is 15.9 Å². The van der Waals surface area contributed by atoms with Crippen LogP contribution in [0.2, 0.25) is 0 Å². The van der Waals surface area contributed by atoms with Crippen LogP contribution in [0.3, 0.4) is 0 Å². The molecular formula is C30H23BrN2O6. The summed E-state index contributed by atoms with van der Waals surface area (Å²) in [6.07, 6.45) is -1.34. The van der Waals surface area contributed by atoms with Gasteiger partial charge in [-0.1, -0.05) is 82.2 Å². The Morgan fingerprint density at radius 1 is 0.821 bits per heavy atom. The Morgan fingerprint density at radius 2 is 1.49 bits per heavy atom. The number of carbonyl (C=O) groups is 3. The van der Waals surface area contributed by atoms with E-state index >= 15 is 0 Å². The second kappa shape index (κ2) is 12.3. The first kappa shape index (κ1) is 27.4. The second-order valence-electron chi connectivity index (χ2n) is 8.71. The fourth-order valence-electron chi connectivity index (χ4n) is 3.89. The molecule has 0 saturated heterocycles. The Balaban J connectivity index is 1.60. The van der Waals surface area contributed by atoms with E-state index in [0.717, 1.165) is 5.56 Å². The van der Waals surface area contributed by atoms with Crippen molar-refractivity contribution in [3.05, 3.63) is 141 Å². The number of nitro benzene ring substituents is 1. The van der Waals surface area contributed by atoms with Gasteiger partial charge >= 0.3 is 5.97 Å². The molecule has 0 aromatic heterocycles. The molecule has 0 heterocycles. The van der Waals surface area contributed by atoms with Crippen molar-refractivity contribution in [2.24, 2.45) is 0 Å². The van der Waals surface area contributed by atoms with E-state index < -0.39 is 27.6 Å². The highest BCUT2D eigenvalue weighted by molar-refractivity contribution is 9.09. The van der Waals surface area contributed by atoms with Gasteiger partial charge in [-0.2, -0.15) is 0 Å². The zero-order chi connectivity index (χ0) is 27.9. The summed E-state index contributed by atoms with van der Waals surface area (Å²) in [4.78, 5) is 49.2. The van der Waals surface area contributed by atoms with Gasteiger partial charge in [-0.15, -0.1) is 0 Å². The minimum Gasteiger partial charge on any atom is -0.449 e. The summed E-state index contributed by atoms with van der Waals surface area (Å²) in [5, 5.41) is 14.0. The summed E-state index contributed by atoms with van der Waals surface area (Å²) in [7, 11) is 0. The van der Waals surface area contributed by atoms with E-state index in [1.54, 1.807) is 66.7 Å². The zero-order valence-electron chi connectivity index (χ0n) is 20.7. The predicted molar refractivity (Wildman–Crippen MR) is 150 cm³/mol. The Labute approximate surface area is 232 Å². The van der Waals surface area contributed by atoms with Gasteiger partial charge in [0.1, 0.15) is 0 Å². The number of Topliss-reactive ketones (excluding diaryl/α,β-unsaturated/α-hetero) is 1. The van der Waals surface area contributed by atoms with E-state index in [2.05, 4.69) is 21.2 Å². The van der Waals surface area contributed by atoms with Gasteiger partial charge in [-0.05, 0) is 42.8 Å². The number of nitrogens with zero attached hydrogens (tertiary/aromatic N) is 1. The number of nitro groups is 1. The highest BCUT2D eigenvalue weighted by Gasteiger charge is 2.33. The molecule has 0 aliphatic carbocycles. The maximum absolute atomic E-state index is 13.4. The van der Waals surface area contributed by atoms with E-state index in [4.69, 9.17) is 4.74 Å². The molecule has 0 radical (unpaired) electrons. The number of esters is 1. The molecule has 0 fully saturated rings. The van der Waals surface area contributed by atoms with Crippen LogP contribution in [-0.4, -0.2) is 28.7 Å². The minimum absolute atomic E-state index is 0.113. The van der Waals surface area contributed by atoms with Crippen LogP contribution in [0.4, 0.5) is 11.4 Å². The summed E-state index contributed by atoms with van der Waals surface area (Å²) in [6.45, 7) is 1.88. The van der Waals surface area contributed by atoms with E-state index in [-0.39, 0.29) is 17.2 Å². The van der Waals surface area contributed by atoms with Gasteiger partial charge in [-0.3, -0.25) is 19.7 Å². The zero-order valence-corrected chi connectivity index (χ0v) is 22.3. The van der Waals surface area contributed by atoms with Crippen LogP contribution in [0.5, 0.6) is 0 Å². The molecule has 196 valence electrons. The molecule has 0 spiro atoms. The smallest absolute Gasteiger partial charge is 0.338 e. The molecule has 4 rings (SSSR count). The first-order valence-electron chi connectivity index (χ1n) is 11.9. The van der Waals surface area contributed by atoms with Crippen LogP contribution in [0, 0.1) is 17.0 Å². The van der Waals surface area contributed by atoms with Crippen molar-refractivity contribution in [2.75, 3.05) is 5.32 Å². The van der Waals surface area contributed by atoms with Gasteiger partial charge < -0.3 is 10.1 Å². The third-order valence-electron chi connectivity index (χ3n) is 5.85. The van der Waals surface area contributed by atoms with Crippen molar-refractivity contribution < 1.29 is 24.0 Å². The Kier molecular flexibility index (Phi) is 8.63. The average molecular weight is 587 g/mol. The number of non-ortho nitro benzene ring substituents is 1. The Hall–Kier alpha value is -4.63. The third kappa shape index (κ3) is 6.82. The number of aryl methyl sites for hydroxylation is 1. The maximum Gasteiger partial charge on any atom is 0.338 e. The summed E-state index contributed by atoms with van der Waals surface area (Å²) < 4.78 is 5.71. The van der Waals surface area contributed by atoms with Crippen molar-refractivity contribution >= 4 is 45.0 Å². The van der Waals surface area contributed by atoms with Gasteiger partial charge in [0.05, 0.1) is 15.3 Å². The van der Waals surface area contributed by atoms with E-state index in [0.29, 0.717) is 22.4 Å². The normalized spacial score (nSPS) is 12.2. The molecule has 8 nitrogen and oxygen atoms in total. The summed E-state index contributed by atoms with van der Waals surface area (Å²) in [5.74, 6) is -1.63. The van der Waals surface area contributed by atoms with Crippen LogP contribution in [0.1, 0.15) is 47.0 Å². The molecule has 4 aromatic rings. The van der Waals surface area contributed by atoms with E-state index in [1.807, 2.05) is 13.0 Å². The number of ether oxygens (including phenoxy) is 1. The van der Waals surface area contributed by atoms with Crippen molar-refractivity contribution in [2.45, 2.75) is 17.9 Å². The van der Waals surface area contributed by atoms with Crippen molar-refractivity contribution in [3.63, 3.8) is 0 Å². The highest BCUT2D eigenvalue weighted by atomic mass is 79.9. The summed E-state index contributed by atoms with van der Waals surface area (Å²) >= 11 is 3.44. The van der Waals surface area contributed by atoms with E-state index in [9.17, 15) is 24.5 Å². The van der Waals surface area contributed by atoms with Gasteiger partial charge in [0.2, 0.25) is 5.78 Å². The quantitative estimate of drug-likeness (QED) is 0.0766. The number of nitrogens with one attached hydrogen (secondary N) is 1. The molecule has 0 bridgehead atoms. The lowest BCUT2D eigenvalue weighted by Gasteiger charge is -2.22. The molecule has 4 aromatic carbocycles. The molecule has 1 N–H and O–H groups in total. The molecule has 39 heavy (non-hydrogen) atoms. The molecule has 0 saturated carbocycles. The SMILES string of the molecule is Cc1cccc(C(=O)Nc2cccc(C(=O)O[C@H](C(=O)c3ccccc3)[C@H](Br)c3cccc([N+](=O)[O-])c3)c2)c1. The van der Waals surface area contributed by atoms with Crippen LogP contribution in [0.15, 0.2) is 103 Å². The number of halogens is 1. The van der Waals surface area contributed by atoms with Crippen molar-refractivity contribution in [1.29, 1.82) is 0 Å². The number of anilines is 1. The number of amides is 1. The van der Waals surface area contributed by atoms with Gasteiger partial charge in [0, 0.05) is 28.9 Å². The number of alkyl halides is 1. The topological polar surface area (TPSA) is 116 Å². The largest absolute Gasteiger partial charge is 0.449 e. The molecule has 2 atom stereocenters. The number of benzene rings is 4.